The second-order valence-electron chi connectivity index (χ2n) is 6.28. The summed E-state index contributed by atoms with van der Waals surface area (Å²) in [6, 6.07) is 18.0. The minimum absolute atomic E-state index is 0.0381. The fourth-order valence-corrected chi connectivity index (χ4v) is 2.69. The van der Waals surface area contributed by atoms with Crippen LogP contribution in [0.4, 0.5) is 5.69 Å². The Morgan fingerprint density at radius 2 is 1.84 bits per heavy atom. The number of benzene rings is 2. The maximum atomic E-state index is 12.3. The van der Waals surface area contributed by atoms with Gasteiger partial charge in [0, 0.05) is 11.9 Å². The number of para-hydroxylation sites is 1. The van der Waals surface area contributed by atoms with Crippen LogP contribution in [-0.2, 0) is 11.2 Å². The molecular weight excluding hydrogens is 310 g/mol. The van der Waals surface area contributed by atoms with Gasteiger partial charge in [-0.1, -0.05) is 44.2 Å². The smallest absolute Gasteiger partial charge is 0.228 e. The number of hydrogen-bond acceptors (Lipinski definition) is 2. The molecule has 0 aliphatic carbocycles. The largest absolute Gasteiger partial charge is 0.326 e. The molecule has 0 spiro atoms. The third-order valence-electron chi connectivity index (χ3n) is 4.40. The Hall–Kier alpha value is -2.88. The highest BCUT2D eigenvalue weighted by atomic mass is 16.1. The molecule has 3 aromatic rings. The molecule has 4 heteroatoms. The highest BCUT2D eigenvalue weighted by molar-refractivity contribution is 5.92. The van der Waals surface area contributed by atoms with Crippen molar-refractivity contribution in [2.45, 2.75) is 32.6 Å². The summed E-state index contributed by atoms with van der Waals surface area (Å²) in [7, 11) is 0. The van der Waals surface area contributed by atoms with Gasteiger partial charge < -0.3 is 5.32 Å². The van der Waals surface area contributed by atoms with Crippen LogP contribution in [0, 0.1) is 0 Å². The van der Waals surface area contributed by atoms with E-state index in [9.17, 15) is 4.79 Å². The highest BCUT2D eigenvalue weighted by Crippen LogP contribution is 2.20. The molecule has 3 rings (SSSR count). The molecule has 4 nitrogen and oxygen atoms in total. The molecular formula is C21H23N3O. The number of carbonyl (C=O) groups is 1. The zero-order valence-corrected chi connectivity index (χ0v) is 14.6. The van der Waals surface area contributed by atoms with E-state index in [0.29, 0.717) is 12.3 Å². The minimum atomic E-state index is -0.0381. The van der Waals surface area contributed by atoms with E-state index in [2.05, 4.69) is 36.4 Å². The highest BCUT2D eigenvalue weighted by Gasteiger charge is 2.08. The van der Waals surface area contributed by atoms with Gasteiger partial charge in [0.2, 0.25) is 5.91 Å². The van der Waals surface area contributed by atoms with Gasteiger partial charge in [-0.3, -0.25) is 4.79 Å². The van der Waals surface area contributed by atoms with Gasteiger partial charge in [-0.2, -0.15) is 5.10 Å². The number of anilines is 1. The summed E-state index contributed by atoms with van der Waals surface area (Å²) < 4.78 is 1.78. The lowest BCUT2D eigenvalue weighted by Crippen LogP contribution is -2.14. The summed E-state index contributed by atoms with van der Waals surface area (Å²) in [4.78, 5) is 12.3. The van der Waals surface area contributed by atoms with Crippen molar-refractivity contribution in [2.75, 3.05) is 5.32 Å². The van der Waals surface area contributed by atoms with Crippen LogP contribution in [0.15, 0.2) is 67.0 Å². The predicted octanol–water partition coefficient (Wildman–Crippen LogP) is 4.57. The van der Waals surface area contributed by atoms with Gasteiger partial charge in [-0.25, -0.2) is 4.68 Å². The van der Waals surface area contributed by atoms with Gasteiger partial charge >= 0.3 is 0 Å². The number of carbonyl (C=O) groups excluding carboxylic acids is 1. The van der Waals surface area contributed by atoms with Crippen molar-refractivity contribution in [3.8, 4) is 5.69 Å². The second-order valence-corrected chi connectivity index (χ2v) is 6.28. The van der Waals surface area contributed by atoms with E-state index in [1.54, 1.807) is 10.9 Å². The molecule has 0 aliphatic rings. The Kier molecular flexibility index (Phi) is 5.29. The maximum Gasteiger partial charge on any atom is 0.228 e. The predicted molar refractivity (Wildman–Crippen MR) is 101 cm³/mol. The van der Waals surface area contributed by atoms with Crippen LogP contribution in [0.5, 0.6) is 0 Å². The van der Waals surface area contributed by atoms with E-state index in [1.165, 1.54) is 5.56 Å². The topological polar surface area (TPSA) is 46.9 Å². The third kappa shape index (κ3) is 4.35. The average molecular weight is 333 g/mol. The lowest BCUT2D eigenvalue weighted by Gasteiger charge is -2.10. The number of hydrogen-bond donors (Lipinski definition) is 1. The number of rotatable bonds is 6. The van der Waals surface area contributed by atoms with Crippen molar-refractivity contribution in [3.05, 3.63) is 78.1 Å². The Morgan fingerprint density at radius 3 is 2.52 bits per heavy atom. The number of nitrogens with zero attached hydrogens (tertiary/aromatic N) is 2. The molecule has 2 aromatic carbocycles. The van der Waals surface area contributed by atoms with Gasteiger partial charge in [0.05, 0.1) is 18.3 Å². The van der Waals surface area contributed by atoms with Crippen LogP contribution in [0.1, 0.15) is 37.3 Å². The van der Waals surface area contributed by atoms with Crippen LogP contribution in [0.25, 0.3) is 5.69 Å². The monoisotopic (exact) mass is 333 g/mol. The molecule has 1 N–H and O–H groups in total. The Labute approximate surface area is 148 Å². The Morgan fingerprint density at radius 1 is 1.12 bits per heavy atom. The van der Waals surface area contributed by atoms with E-state index in [1.807, 2.05) is 48.7 Å². The van der Waals surface area contributed by atoms with Gasteiger partial charge in [-0.05, 0) is 47.7 Å². The fraction of sp³-hybridized carbons (Fsp3) is 0.238. The summed E-state index contributed by atoms with van der Waals surface area (Å²) in [6.45, 7) is 4.38. The van der Waals surface area contributed by atoms with Crippen LogP contribution < -0.4 is 5.32 Å². The van der Waals surface area contributed by atoms with Crippen molar-refractivity contribution < 1.29 is 4.79 Å². The first-order valence-corrected chi connectivity index (χ1v) is 8.64. The second kappa shape index (κ2) is 7.79. The van der Waals surface area contributed by atoms with Crippen molar-refractivity contribution in [3.63, 3.8) is 0 Å². The van der Waals surface area contributed by atoms with Gasteiger partial charge in [-0.15, -0.1) is 0 Å². The SMILES string of the molecule is CCC(C)c1ccc(NC(=O)Cc2cnn(-c3ccccc3)c2)cc1. The van der Waals surface area contributed by atoms with Gasteiger partial charge in [0.25, 0.3) is 0 Å². The van der Waals surface area contributed by atoms with E-state index in [0.717, 1.165) is 23.4 Å². The van der Waals surface area contributed by atoms with E-state index in [4.69, 9.17) is 0 Å². The molecule has 0 aliphatic heterocycles. The van der Waals surface area contributed by atoms with Crippen LogP contribution in [0.2, 0.25) is 0 Å². The van der Waals surface area contributed by atoms with Crippen LogP contribution in [0.3, 0.4) is 0 Å². The van der Waals surface area contributed by atoms with Crippen molar-refractivity contribution in [1.82, 2.24) is 9.78 Å². The molecule has 128 valence electrons. The molecule has 1 unspecified atom stereocenters. The molecule has 1 amide bonds. The summed E-state index contributed by atoms with van der Waals surface area (Å²) in [5, 5.41) is 7.27. The zero-order chi connectivity index (χ0) is 17.6. The van der Waals surface area contributed by atoms with E-state index in [-0.39, 0.29) is 5.91 Å². The number of aromatic nitrogens is 2. The molecule has 25 heavy (non-hydrogen) atoms. The van der Waals surface area contributed by atoms with E-state index < -0.39 is 0 Å². The summed E-state index contributed by atoms with van der Waals surface area (Å²) >= 11 is 0. The summed E-state index contributed by atoms with van der Waals surface area (Å²) in [5.74, 6) is 0.498. The summed E-state index contributed by atoms with van der Waals surface area (Å²) in [5.41, 5.74) is 3.99. The van der Waals surface area contributed by atoms with Crippen molar-refractivity contribution in [1.29, 1.82) is 0 Å². The van der Waals surface area contributed by atoms with Gasteiger partial charge in [0.15, 0.2) is 0 Å². The van der Waals surface area contributed by atoms with Crippen LogP contribution in [-0.4, -0.2) is 15.7 Å². The Balaban J connectivity index is 1.60. The molecule has 0 bridgehead atoms. The molecule has 0 saturated carbocycles. The van der Waals surface area contributed by atoms with Crippen LogP contribution >= 0.6 is 0 Å². The first kappa shape index (κ1) is 17.0. The normalized spacial score (nSPS) is 11.9. The number of nitrogens with one attached hydrogen (secondary N) is 1. The lowest BCUT2D eigenvalue weighted by atomic mass is 9.99. The first-order chi connectivity index (χ1) is 12.2. The quantitative estimate of drug-likeness (QED) is 0.718. The summed E-state index contributed by atoms with van der Waals surface area (Å²) in [6.07, 6.45) is 5.04. The fourth-order valence-electron chi connectivity index (χ4n) is 2.69. The van der Waals surface area contributed by atoms with Gasteiger partial charge in [0.1, 0.15) is 0 Å². The van der Waals surface area contributed by atoms with E-state index >= 15 is 0 Å². The minimum Gasteiger partial charge on any atom is -0.326 e. The standard InChI is InChI=1S/C21H23N3O/c1-3-16(2)18-9-11-19(12-10-18)23-21(25)13-17-14-22-24(15-17)20-7-5-4-6-8-20/h4-12,14-16H,3,13H2,1-2H3,(H,23,25). The molecule has 1 aromatic heterocycles. The molecule has 0 radical (unpaired) electrons. The molecule has 0 saturated heterocycles. The zero-order valence-electron chi connectivity index (χ0n) is 14.6. The van der Waals surface area contributed by atoms with Crippen molar-refractivity contribution in [2.24, 2.45) is 0 Å². The molecule has 1 atom stereocenters. The first-order valence-electron chi connectivity index (χ1n) is 8.64. The Bertz CT molecular complexity index is 822. The maximum absolute atomic E-state index is 12.3. The number of amides is 1. The third-order valence-corrected chi connectivity index (χ3v) is 4.40. The van der Waals surface area contributed by atoms with Crippen molar-refractivity contribution >= 4 is 11.6 Å². The molecule has 0 fully saturated rings. The molecule has 1 heterocycles. The lowest BCUT2D eigenvalue weighted by molar-refractivity contribution is -0.115. The average Bonchev–Trinajstić information content (AvgIpc) is 3.10.